The van der Waals surface area contributed by atoms with Gasteiger partial charge in [-0.2, -0.15) is 0 Å². The van der Waals surface area contributed by atoms with Crippen LogP contribution in [0.15, 0.2) is 48.5 Å². The smallest absolute Gasteiger partial charge is 0.242 e. The van der Waals surface area contributed by atoms with Gasteiger partial charge in [0.1, 0.15) is 11.8 Å². The minimum atomic E-state index is -3.55. The number of hydrogen-bond donors (Lipinski definition) is 1. The molecule has 37 heavy (non-hydrogen) atoms. The summed E-state index contributed by atoms with van der Waals surface area (Å²) in [5, 5.41) is 2.96. The Morgan fingerprint density at radius 3 is 2.32 bits per heavy atom. The molecule has 0 unspecified atom stereocenters. The highest BCUT2D eigenvalue weighted by Crippen LogP contribution is 2.22. The van der Waals surface area contributed by atoms with E-state index in [1.165, 1.54) is 4.31 Å². The Kier molecular flexibility index (Phi) is 11.9. The quantitative estimate of drug-likeness (QED) is 0.346. The Balaban J connectivity index is 2.19. The van der Waals surface area contributed by atoms with Crippen LogP contribution in [0.1, 0.15) is 57.1 Å². The summed E-state index contributed by atoms with van der Waals surface area (Å²) in [6.45, 7) is 6.98. The van der Waals surface area contributed by atoms with Crippen molar-refractivity contribution >= 4 is 27.5 Å². The van der Waals surface area contributed by atoms with Crippen LogP contribution in [-0.2, 0) is 26.2 Å². The van der Waals surface area contributed by atoms with Crippen molar-refractivity contribution in [3.63, 3.8) is 0 Å². The molecule has 2 amide bonds. The standard InChI is InChI=1S/C28H41N3O5S/c1-6-8-18-29-28(33)26(7-2)30(21-23-12-9-11-22(3)20-23)27(32)13-10-19-31(37(5,34)35)24-14-16-25(36-4)17-15-24/h9,11-12,14-17,20,26H,6-8,10,13,18-19,21H2,1-5H3,(H,29,33)/t26-/m1/s1. The zero-order chi connectivity index (χ0) is 27.4. The number of sulfonamides is 1. The van der Waals surface area contributed by atoms with Gasteiger partial charge in [0.15, 0.2) is 0 Å². The van der Waals surface area contributed by atoms with E-state index in [4.69, 9.17) is 4.74 Å². The van der Waals surface area contributed by atoms with Crippen LogP contribution in [0.3, 0.4) is 0 Å². The van der Waals surface area contributed by atoms with E-state index in [0.29, 0.717) is 37.4 Å². The number of aryl methyl sites for hydroxylation is 1. The number of hydrogen-bond acceptors (Lipinski definition) is 5. The first kappa shape index (κ1) is 30.2. The summed E-state index contributed by atoms with van der Waals surface area (Å²) in [5.41, 5.74) is 2.53. The third-order valence-electron chi connectivity index (χ3n) is 6.16. The molecule has 204 valence electrons. The summed E-state index contributed by atoms with van der Waals surface area (Å²) in [6.07, 6.45) is 3.91. The maximum Gasteiger partial charge on any atom is 0.242 e. The van der Waals surface area contributed by atoms with Crippen molar-refractivity contribution in [2.75, 3.05) is 30.8 Å². The van der Waals surface area contributed by atoms with Gasteiger partial charge in [-0.1, -0.05) is 50.1 Å². The van der Waals surface area contributed by atoms with Gasteiger partial charge >= 0.3 is 0 Å². The third-order valence-corrected chi connectivity index (χ3v) is 7.36. The Hall–Kier alpha value is -3.07. The predicted molar refractivity (Wildman–Crippen MR) is 148 cm³/mol. The summed E-state index contributed by atoms with van der Waals surface area (Å²) in [5.74, 6) is 0.289. The number of amides is 2. The molecule has 0 radical (unpaired) electrons. The second-order valence-corrected chi connectivity index (χ2v) is 11.1. The van der Waals surface area contributed by atoms with Crippen LogP contribution >= 0.6 is 0 Å². The van der Waals surface area contributed by atoms with E-state index >= 15 is 0 Å². The molecule has 0 bridgehead atoms. The molecule has 8 nitrogen and oxygen atoms in total. The van der Waals surface area contributed by atoms with Crippen LogP contribution in [0, 0.1) is 6.92 Å². The van der Waals surface area contributed by atoms with Crippen LogP contribution in [-0.4, -0.2) is 57.6 Å². The van der Waals surface area contributed by atoms with Gasteiger partial charge in [-0.05, 0) is 56.0 Å². The first-order chi connectivity index (χ1) is 17.6. The maximum absolute atomic E-state index is 13.5. The van der Waals surface area contributed by atoms with Gasteiger partial charge in [-0.25, -0.2) is 8.42 Å². The molecule has 0 saturated carbocycles. The molecule has 0 saturated heterocycles. The van der Waals surface area contributed by atoms with Crippen molar-refractivity contribution in [1.82, 2.24) is 10.2 Å². The van der Waals surface area contributed by atoms with Crippen molar-refractivity contribution in [3.8, 4) is 5.75 Å². The lowest BCUT2D eigenvalue weighted by Gasteiger charge is -2.31. The number of carbonyl (C=O) groups is 2. The molecule has 0 aliphatic carbocycles. The molecule has 0 fully saturated rings. The highest BCUT2D eigenvalue weighted by Gasteiger charge is 2.28. The molecule has 1 N–H and O–H groups in total. The van der Waals surface area contributed by atoms with Gasteiger partial charge in [-0.3, -0.25) is 13.9 Å². The van der Waals surface area contributed by atoms with Gasteiger partial charge in [0.2, 0.25) is 21.8 Å². The molecule has 2 rings (SSSR count). The third kappa shape index (κ3) is 9.39. The van der Waals surface area contributed by atoms with Crippen molar-refractivity contribution < 1.29 is 22.7 Å². The summed E-state index contributed by atoms with van der Waals surface area (Å²) >= 11 is 0. The zero-order valence-electron chi connectivity index (χ0n) is 22.7. The molecule has 2 aromatic rings. The number of anilines is 1. The first-order valence-electron chi connectivity index (χ1n) is 12.8. The minimum absolute atomic E-state index is 0.118. The largest absolute Gasteiger partial charge is 0.497 e. The summed E-state index contributed by atoms with van der Waals surface area (Å²) in [6, 6.07) is 14.0. The number of benzene rings is 2. The topological polar surface area (TPSA) is 96.0 Å². The van der Waals surface area contributed by atoms with Crippen LogP contribution in [0.2, 0.25) is 0 Å². The normalized spacial score (nSPS) is 12.0. The second kappa shape index (κ2) is 14.6. The van der Waals surface area contributed by atoms with E-state index in [1.54, 1.807) is 36.3 Å². The lowest BCUT2D eigenvalue weighted by atomic mass is 10.1. The van der Waals surface area contributed by atoms with Crippen molar-refractivity contribution in [3.05, 3.63) is 59.7 Å². The average molecular weight is 532 g/mol. The Morgan fingerprint density at radius 1 is 1.05 bits per heavy atom. The summed E-state index contributed by atoms with van der Waals surface area (Å²) in [7, 11) is -2.01. The predicted octanol–water partition coefficient (Wildman–Crippen LogP) is 4.27. The SMILES string of the molecule is CCCCNC(=O)[C@@H](CC)N(Cc1cccc(C)c1)C(=O)CCCN(c1ccc(OC)cc1)S(C)(=O)=O. The van der Waals surface area contributed by atoms with Crippen LogP contribution in [0.25, 0.3) is 0 Å². The fourth-order valence-electron chi connectivity index (χ4n) is 4.19. The van der Waals surface area contributed by atoms with Crippen molar-refractivity contribution in [2.45, 2.75) is 65.5 Å². The van der Waals surface area contributed by atoms with Gasteiger partial charge in [0.25, 0.3) is 0 Å². The maximum atomic E-state index is 13.5. The Morgan fingerprint density at radius 2 is 1.76 bits per heavy atom. The highest BCUT2D eigenvalue weighted by molar-refractivity contribution is 7.92. The van der Waals surface area contributed by atoms with Crippen molar-refractivity contribution in [2.24, 2.45) is 0 Å². The Labute approximate surface area is 222 Å². The van der Waals surface area contributed by atoms with E-state index in [9.17, 15) is 18.0 Å². The lowest BCUT2D eigenvalue weighted by molar-refractivity contribution is -0.141. The first-order valence-corrected chi connectivity index (χ1v) is 14.7. The van der Waals surface area contributed by atoms with Gasteiger partial charge in [0, 0.05) is 26.1 Å². The monoisotopic (exact) mass is 531 g/mol. The minimum Gasteiger partial charge on any atom is -0.497 e. The van der Waals surface area contributed by atoms with Crippen LogP contribution in [0.5, 0.6) is 5.75 Å². The van der Waals surface area contributed by atoms with E-state index < -0.39 is 16.1 Å². The van der Waals surface area contributed by atoms with E-state index in [1.807, 2.05) is 38.1 Å². The fourth-order valence-corrected chi connectivity index (χ4v) is 5.15. The van der Waals surface area contributed by atoms with E-state index in [-0.39, 0.29) is 24.8 Å². The van der Waals surface area contributed by atoms with Crippen LogP contribution < -0.4 is 14.4 Å². The average Bonchev–Trinajstić information content (AvgIpc) is 2.86. The molecule has 0 aliphatic rings. The summed E-state index contributed by atoms with van der Waals surface area (Å²) < 4.78 is 31.4. The van der Waals surface area contributed by atoms with Crippen LogP contribution in [0.4, 0.5) is 5.69 Å². The number of rotatable bonds is 15. The molecule has 0 heterocycles. The highest BCUT2D eigenvalue weighted by atomic mass is 32.2. The molecular formula is C28H41N3O5S. The number of carbonyl (C=O) groups excluding carboxylic acids is 2. The lowest BCUT2D eigenvalue weighted by Crippen LogP contribution is -2.49. The van der Waals surface area contributed by atoms with E-state index in [2.05, 4.69) is 12.2 Å². The molecule has 9 heteroatoms. The Bertz CT molecular complexity index is 1120. The molecule has 0 spiro atoms. The fraction of sp³-hybridized carbons (Fsp3) is 0.500. The molecule has 0 aliphatic heterocycles. The van der Waals surface area contributed by atoms with Crippen molar-refractivity contribution in [1.29, 1.82) is 0 Å². The summed E-state index contributed by atoms with van der Waals surface area (Å²) in [4.78, 5) is 28.1. The second-order valence-electron chi connectivity index (χ2n) is 9.22. The molecule has 0 aromatic heterocycles. The van der Waals surface area contributed by atoms with E-state index in [0.717, 1.165) is 30.2 Å². The zero-order valence-corrected chi connectivity index (χ0v) is 23.5. The molecular weight excluding hydrogens is 490 g/mol. The number of methoxy groups -OCH3 is 1. The number of nitrogens with one attached hydrogen (secondary N) is 1. The number of unbranched alkanes of at least 4 members (excludes halogenated alkanes) is 1. The molecule has 1 atom stereocenters. The molecule has 2 aromatic carbocycles. The van der Waals surface area contributed by atoms with Gasteiger partial charge < -0.3 is 15.0 Å². The van der Waals surface area contributed by atoms with Gasteiger partial charge in [-0.15, -0.1) is 0 Å². The number of ether oxygens (including phenoxy) is 1. The number of nitrogens with zero attached hydrogens (tertiary/aromatic N) is 2. The van der Waals surface area contributed by atoms with Gasteiger partial charge in [0.05, 0.1) is 19.1 Å².